The van der Waals surface area contributed by atoms with Gasteiger partial charge in [0.2, 0.25) is 11.8 Å². The minimum Gasteiger partial charge on any atom is -0.329 e. The van der Waals surface area contributed by atoms with Crippen molar-refractivity contribution in [2.75, 3.05) is 19.6 Å². The molecule has 4 nitrogen and oxygen atoms in total. The Balaban J connectivity index is 2.17. The number of piperazine rings is 1. The largest absolute Gasteiger partial charge is 0.329 e. The third-order valence-electron chi connectivity index (χ3n) is 2.78. The SMILES string of the molecule is C#CCN1CC(=O)N2CCCC2C1=O. The molecule has 1 atom stereocenters. The van der Waals surface area contributed by atoms with E-state index in [1.807, 2.05) is 0 Å². The lowest BCUT2D eigenvalue weighted by molar-refractivity contribution is -0.152. The molecule has 2 saturated heterocycles. The molecule has 0 aromatic carbocycles. The summed E-state index contributed by atoms with van der Waals surface area (Å²) in [5.74, 6) is 2.45. The van der Waals surface area contributed by atoms with Crippen molar-refractivity contribution in [1.82, 2.24) is 9.80 Å². The third kappa shape index (κ3) is 1.25. The van der Waals surface area contributed by atoms with Crippen molar-refractivity contribution < 1.29 is 9.59 Å². The third-order valence-corrected chi connectivity index (χ3v) is 2.78. The van der Waals surface area contributed by atoms with Gasteiger partial charge in [-0.25, -0.2) is 0 Å². The van der Waals surface area contributed by atoms with E-state index < -0.39 is 0 Å². The molecule has 4 heteroatoms. The van der Waals surface area contributed by atoms with Crippen molar-refractivity contribution in [3.8, 4) is 12.3 Å². The number of hydrogen-bond donors (Lipinski definition) is 0. The lowest BCUT2D eigenvalue weighted by atomic mass is 10.1. The molecule has 0 aliphatic carbocycles. The normalized spacial score (nSPS) is 26.4. The summed E-state index contributed by atoms with van der Waals surface area (Å²) in [5.41, 5.74) is 0. The summed E-state index contributed by atoms with van der Waals surface area (Å²) in [5, 5.41) is 0. The molecule has 2 amide bonds. The molecule has 0 aromatic heterocycles. The second-order valence-electron chi connectivity index (χ2n) is 3.64. The van der Waals surface area contributed by atoms with Crippen LogP contribution in [-0.2, 0) is 9.59 Å². The Morgan fingerprint density at radius 1 is 1.50 bits per heavy atom. The fourth-order valence-electron chi connectivity index (χ4n) is 2.11. The van der Waals surface area contributed by atoms with E-state index in [1.165, 1.54) is 4.90 Å². The highest BCUT2D eigenvalue weighted by Gasteiger charge is 2.41. The zero-order valence-corrected chi connectivity index (χ0v) is 7.90. The minimum absolute atomic E-state index is 0.0139. The number of hydrogen-bond acceptors (Lipinski definition) is 2. The number of rotatable bonds is 1. The molecule has 0 bridgehead atoms. The summed E-state index contributed by atoms with van der Waals surface area (Å²) >= 11 is 0. The predicted molar refractivity (Wildman–Crippen MR) is 50.1 cm³/mol. The van der Waals surface area contributed by atoms with Crippen LogP contribution in [0.4, 0.5) is 0 Å². The summed E-state index contributed by atoms with van der Waals surface area (Å²) in [6.45, 7) is 1.12. The van der Waals surface area contributed by atoms with Crippen molar-refractivity contribution in [3.63, 3.8) is 0 Å². The monoisotopic (exact) mass is 192 g/mol. The van der Waals surface area contributed by atoms with Crippen molar-refractivity contribution in [1.29, 1.82) is 0 Å². The van der Waals surface area contributed by atoms with E-state index in [0.29, 0.717) is 0 Å². The first-order chi connectivity index (χ1) is 6.74. The second kappa shape index (κ2) is 3.33. The standard InChI is InChI=1S/C10H12N2O2/c1-2-5-11-7-9(13)12-6-3-4-8(12)10(11)14/h1,8H,3-7H2. The van der Waals surface area contributed by atoms with Gasteiger partial charge in [0.05, 0.1) is 6.54 Å². The van der Waals surface area contributed by atoms with Crippen LogP contribution in [-0.4, -0.2) is 47.3 Å². The molecule has 2 fully saturated rings. The van der Waals surface area contributed by atoms with E-state index in [1.54, 1.807) is 4.90 Å². The predicted octanol–water partition coefficient (Wildman–Crippen LogP) is -0.547. The van der Waals surface area contributed by atoms with Gasteiger partial charge in [-0.2, -0.15) is 0 Å². The molecule has 0 N–H and O–H groups in total. The summed E-state index contributed by atoms with van der Waals surface area (Å²) in [6, 6.07) is -0.232. The summed E-state index contributed by atoms with van der Waals surface area (Å²) in [4.78, 5) is 26.5. The van der Waals surface area contributed by atoms with Gasteiger partial charge in [-0.3, -0.25) is 9.59 Å². The lowest BCUT2D eigenvalue weighted by Crippen LogP contribution is -2.57. The Labute approximate surface area is 82.9 Å². The molecule has 1 unspecified atom stereocenters. The molecule has 2 aliphatic heterocycles. The summed E-state index contributed by atoms with van der Waals surface area (Å²) < 4.78 is 0. The Hall–Kier alpha value is -1.50. The Bertz CT molecular complexity index is 319. The van der Waals surface area contributed by atoms with Crippen molar-refractivity contribution in [3.05, 3.63) is 0 Å². The van der Waals surface area contributed by atoms with Gasteiger partial charge in [0, 0.05) is 6.54 Å². The number of carbonyl (C=O) groups is 2. The first-order valence-electron chi connectivity index (χ1n) is 4.76. The topological polar surface area (TPSA) is 40.6 Å². The number of fused-ring (bicyclic) bond motifs is 1. The van der Waals surface area contributed by atoms with Crippen LogP contribution in [0.2, 0.25) is 0 Å². The van der Waals surface area contributed by atoms with Crippen LogP contribution >= 0.6 is 0 Å². The molecule has 2 rings (SSSR count). The zero-order valence-electron chi connectivity index (χ0n) is 7.90. The molecule has 0 radical (unpaired) electrons. The van der Waals surface area contributed by atoms with E-state index in [9.17, 15) is 9.59 Å². The van der Waals surface area contributed by atoms with Crippen molar-refractivity contribution >= 4 is 11.8 Å². The van der Waals surface area contributed by atoms with Gasteiger partial charge >= 0.3 is 0 Å². The lowest BCUT2D eigenvalue weighted by Gasteiger charge is -2.35. The molecule has 74 valence electrons. The van der Waals surface area contributed by atoms with E-state index in [0.717, 1.165) is 19.4 Å². The molecular weight excluding hydrogens is 180 g/mol. The van der Waals surface area contributed by atoms with Crippen LogP contribution in [0, 0.1) is 12.3 Å². The Morgan fingerprint density at radius 3 is 3.00 bits per heavy atom. The van der Waals surface area contributed by atoms with E-state index in [-0.39, 0.29) is 30.9 Å². The number of terminal acetylenes is 1. The quantitative estimate of drug-likeness (QED) is 0.523. The van der Waals surface area contributed by atoms with E-state index in [4.69, 9.17) is 6.42 Å². The van der Waals surface area contributed by atoms with Crippen LogP contribution in [0.3, 0.4) is 0 Å². The summed E-state index contributed by atoms with van der Waals surface area (Å²) in [7, 11) is 0. The molecule has 0 spiro atoms. The van der Waals surface area contributed by atoms with E-state index in [2.05, 4.69) is 5.92 Å². The van der Waals surface area contributed by atoms with Crippen LogP contribution in [0.15, 0.2) is 0 Å². The van der Waals surface area contributed by atoms with Gasteiger partial charge in [0.15, 0.2) is 0 Å². The van der Waals surface area contributed by atoms with Gasteiger partial charge in [0.25, 0.3) is 0 Å². The molecule has 14 heavy (non-hydrogen) atoms. The molecule has 0 saturated carbocycles. The number of carbonyl (C=O) groups excluding carboxylic acids is 2. The summed E-state index contributed by atoms with van der Waals surface area (Å²) in [6.07, 6.45) is 6.84. The van der Waals surface area contributed by atoms with Gasteiger partial charge in [0.1, 0.15) is 12.6 Å². The van der Waals surface area contributed by atoms with Crippen LogP contribution in [0.25, 0.3) is 0 Å². The Morgan fingerprint density at radius 2 is 2.29 bits per heavy atom. The van der Waals surface area contributed by atoms with Crippen LogP contribution < -0.4 is 0 Å². The van der Waals surface area contributed by atoms with Gasteiger partial charge < -0.3 is 9.80 Å². The number of amides is 2. The van der Waals surface area contributed by atoms with Crippen LogP contribution in [0.1, 0.15) is 12.8 Å². The first kappa shape index (κ1) is 9.07. The average Bonchev–Trinajstić information content (AvgIpc) is 2.63. The molecule has 2 heterocycles. The zero-order chi connectivity index (χ0) is 10.1. The van der Waals surface area contributed by atoms with Gasteiger partial charge in [-0.05, 0) is 12.8 Å². The van der Waals surface area contributed by atoms with Crippen molar-refractivity contribution in [2.24, 2.45) is 0 Å². The minimum atomic E-state index is -0.232. The Kier molecular flexibility index (Phi) is 2.16. The smallest absolute Gasteiger partial charge is 0.246 e. The van der Waals surface area contributed by atoms with Gasteiger partial charge in [-0.1, -0.05) is 5.92 Å². The van der Waals surface area contributed by atoms with Crippen molar-refractivity contribution in [2.45, 2.75) is 18.9 Å². The highest BCUT2D eigenvalue weighted by Crippen LogP contribution is 2.23. The average molecular weight is 192 g/mol. The maximum atomic E-state index is 11.8. The maximum absolute atomic E-state index is 11.8. The highest BCUT2D eigenvalue weighted by atomic mass is 16.2. The molecular formula is C10H12N2O2. The van der Waals surface area contributed by atoms with Gasteiger partial charge in [-0.15, -0.1) is 6.42 Å². The van der Waals surface area contributed by atoms with E-state index >= 15 is 0 Å². The first-order valence-corrected chi connectivity index (χ1v) is 4.76. The molecule has 2 aliphatic rings. The highest BCUT2D eigenvalue weighted by molar-refractivity contribution is 5.95. The second-order valence-corrected chi connectivity index (χ2v) is 3.64. The molecule has 0 aromatic rings. The maximum Gasteiger partial charge on any atom is 0.246 e. The fourth-order valence-corrected chi connectivity index (χ4v) is 2.11. The fraction of sp³-hybridized carbons (Fsp3) is 0.600. The number of nitrogens with zero attached hydrogens (tertiary/aromatic N) is 2. The van der Waals surface area contributed by atoms with Crippen LogP contribution in [0.5, 0.6) is 0 Å².